The molecule has 1 aliphatic heterocycles. The second-order valence-corrected chi connectivity index (χ2v) is 10.2. The summed E-state index contributed by atoms with van der Waals surface area (Å²) in [5.41, 5.74) is 0.796. The molecule has 1 aliphatic rings. The highest BCUT2D eigenvalue weighted by Crippen LogP contribution is 2.24. The lowest BCUT2D eigenvalue weighted by atomic mass is 10.0. The lowest BCUT2D eigenvalue weighted by molar-refractivity contribution is -0.122. The number of ether oxygens (including phenoxy) is 1. The molecule has 1 aromatic heterocycles. The number of benzene rings is 1. The van der Waals surface area contributed by atoms with Crippen molar-refractivity contribution in [3.8, 4) is 5.75 Å². The molecule has 0 unspecified atom stereocenters. The summed E-state index contributed by atoms with van der Waals surface area (Å²) in [6, 6.07) is 6.30. The first-order valence-electron chi connectivity index (χ1n) is 12.5. The predicted molar refractivity (Wildman–Crippen MR) is 138 cm³/mol. The number of hydrogen-bond donors (Lipinski definition) is 2. The molecule has 0 fully saturated rings. The largest absolute Gasteiger partial charge is 0.491 e. The van der Waals surface area contributed by atoms with Gasteiger partial charge in [0.25, 0.3) is 11.8 Å². The molecule has 0 bridgehead atoms. The topological polar surface area (TPSA) is 106 Å². The predicted octanol–water partition coefficient (Wildman–Crippen LogP) is 3.69. The van der Waals surface area contributed by atoms with Crippen LogP contribution in [0.25, 0.3) is 0 Å². The molecule has 36 heavy (non-hydrogen) atoms. The molecule has 1 aromatic carbocycles. The van der Waals surface area contributed by atoms with Crippen molar-refractivity contribution in [2.75, 3.05) is 26.2 Å². The highest BCUT2D eigenvalue weighted by atomic mass is 35.5. The van der Waals surface area contributed by atoms with Gasteiger partial charge in [0, 0.05) is 30.4 Å². The maximum atomic E-state index is 13.4. The molecule has 3 amide bonds. The van der Waals surface area contributed by atoms with E-state index in [1.54, 1.807) is 40.0 Å². The molecule has 196 valence electrons. The molecule has 3 rings (SSSR count). The number of hydrogen-bond acceptors (Lipinski definition) is 5. The Morgan fingerprint density at radius 1 is 1.19 bits per heavy atom. The second-order valence-electron chi connectivity index (χ2n) is 9.79. The van der Waals surface area contributed by atoms with Crippen LogP contribution in [-0.2, 0) is 4.79 Å². The monoisotopic (exact) mass is 517 g/mol. The Balaban J connectivity index is 1.84. The van der Waals surface area contributed by atoms with E-state index in [1.165, 1.54) is 0 Å². The van der Waals surface area contributed by atoms with Gasteiger partial charge >= 0.3 is 0 Å². The molecular weight excluding hydrogens is 482 g/mol. The van der Waals surface area contributed by atoms with E-state index in [-0.39, 0.29) is 43.0 Å². The average Bonchev–Trinajstić information content (AvgIpc) is 3.31. The Hall–Kier alpha value is -3.07. The van der Waals surface area contributed by atoms with Crippen LogP contribution >= 0.6 is 11.6 Å². The Labute approximate surface area is 217 Å². The van der Waals surface area contributed by atoms with Crippen LogP contribution in [0.5, 0.6) is 5.75 Å². The van der Waals surface area contributed by atoms with Gasteiger partial charge in [0.1, 0.15) is 18.1 Å². The van der Waals surface area contributed by atoms with Crippen LogP contribution in [0.1, 0.15) is 73.8 Å². The minimum atomic E-state index is -0.299. The number of carbonyl (C=O) groups is 3. The van der Waals surface area contributed by atoms with Gasteiger partial charge in [0.2, 0.25) is 5.91 Å². The van der Waals surface area contributed by atoms with Gasteiger partial charge in [-0.15, -0.1) is 0 Å². The van der Waals surface area contributed by atoms with E-state index in [1.807, 2.05) is 13.8 Å². The fourth-order valence-corrected chi connectivity index (χ4v) is 4.39. The second kappa shape index (κ2) is 12.8. The number of carbonyl (C=O) groups excluding carboxylic acids is 3. The third kappa shape index (κ3) is 7.46. The first kappa shape index (κ1) is 27.5. The summed E-state index contributed by atoms with van der Waals surface area (Å²) in [5.74, 6) is -0.0711. The summed E-state index contributed by atoms with van der Waals surface area (Å²) < 4.78 is 7.66. The van der Waals surface area contributed by atoms with E-state index in [0.29, 0.717) is 60.3 Å². The van der Waals surface area contributed by atoms with Crippen molar-refractivity contribution < 1.29 is 19.1 Å². The van der Waals surface area contributed by atoms with E-state index in [4.69, 9.17) is 16.3 Å². The summed E-state index contributed by atoms with van der Waals surface area (Å²) in [5, 5.41) is 10.6. The summed E-state index contributed by atoms with van der Waals surface area (Å²) in [6.45, 7) is 8.92. The quantitative estimate of drug-likeness (QED) is 0.643. The van der Waals surface area contributed by atoms with Gasteiger partial charge in [-0.25, -0.2) is 0 Å². The molecular formula is C26H36ClN5O4. The summed E-state index contributed by atoms with van der Waals surface area (Å²) in [4.78, 5) is 40.9. The van der Waals surface area contributed by atoms with Crippen LogP contribution in [0.4, 0.5) is 0 Å². The Morgan fingerprint density at radius 3 is 2.69 bits per heavy atom. The van der Waals surface area contributed by atoms with Crippen molar-refractivity contribution in [2.45, 2.75) is 59.0 Å². The zero-order chi connectivity index (χ0) is 26.2. The Bertz CT molecular complexity index is 1070. The molecule has 0 spiro atoms. The summed E-state index contributed by atoms with van der Waals surface area (Å²) >= 11 is 6.14. The van der Waals surface area contributed by atoms with Gasteiger partial charge in [0.05, 0.1) is 18.2 Å². The standard InChI is InChI=1S/C26H36ClN5O4/c1-17(2)13-20-16-36-23-8-7-19(27)14-21(23)25(34)28-10-5-6-12-31(15-24(33)30-20)26(35)22-9-11-29-32(22)18(3)4/h7-9,11,14,17-18,20H,5-6,10,12-13,15-16H2,1-4H3,(H,28,34)(H,30,33)/t20-/m1/s1. The highest BCUT2D eigenvalue weighted by Gasteiger charge is 2.25. The number of amides is 3. The maximum Gasteiger partial charge on any atom is 0.272 e. The molecule has 9 nitrogen and oxygen atoms in total. The molecule has 2 aromatic rings. The van der Waals surface area contributed by atoms with Gasteiger partial charge in [-0.1, -0.05) is 25.4 Å². The van der Waals surface area contributed by atoms with Crippen LogP contribution in [0, 0.1) is 5.92 Å². The molecule has 0 radical (unpaired) electrons. The third-order valence-corrected chi connectivity index (χ3v) is 6.12. The van der Waals surface area contributed by atoms with E-state index in [2.05, 4.69) is 29.6 Å². The zero-order valence-corrected chi connectivity index (χ0v) is 22.2. The number of aromatic nitrogens is 2. The fourth-order valence-electron chi connectivity index (χ4n) is 4.21. The molecule has 2 N–H and O–H groups in total. The van der Waals surface area contributed by atoms with Crippen LogP contribution in [0.15, 0.2) is 30.5 Å². The molecule has 1 atom stereocenters. The molecule has 0 saturated carbocycles. The van der Waals surface area contributed by atoms with Crippen LogP contribution in [0.3, 0.4) is 0 Å². The van der Waals surface area contributed by atoms with Crippen molar-refractivity contribution in [3.63, 3.8) is 0 Å². The van der Waals surface area contributed by atoms with Crippen LogP contribution in [-0.4, -0.2) is 64.7 Å². The number of fused-ring (bicyclic) bond motifs is 1. The SMILES string of the molecule is CC(C)C[C@@H]1COc2ccc(Cl)cc2C(=O)NCCCCN(C(=O)c2ccnn2C(C)C)CC(=O)N1. The van der Waals surface area contributed by atoms with E-state index in [9.17, 15) is 14.4 Å². The minimum Gasteiger partial charge on any atom is -0.491 e. The number of nitrogens with one attached hydrogen (secondary N) is 2. The van der Waals surface area contributed by atoms with Crippen molar-refractivity contribution in [1.82, 2.24) is 25.3 Å². The molecule has 10 heteroatoms. The first-order chi connectivity index (χ1) is 17.2. The smallest absolute Gasteiger partial charge is 0.272 e. The highest BCUT2D eigenvalue weighted by molar-refractivity contribution is 6.31. The molecule has 0 saturated heterocycles. The summed E-state index contributed by atoms with van der Waals surface area (Å²) in [6.07, 6.45) is 3.52. The number of nitrogens with zero attached hydrogens (tertiary/aromatic N) is 3. The van der Waals surface area contributed by atoms with Crippen molar-refractivity contribution in [1.29, 1.82) is 0 Å². The van der Waals surface area contributed by atoms with Crippen molar-refractivity contribution in [3.05, 3.63) is 46.7 Å². The first-order valence-corrected chi connectivity index (χ1v) is 12.9. The molecule has 0 aliphatic carbocycles. The number of halogens is 1. The zero-order valence-electron chi connectivity index (χ0n) is 21.4. The van der Waals surface area contributed by atoms with Crippen molar-refractivity contribution >= 4 is 29.3 Å². The normalized spacial score (nSPS) is 18.1. The summed E-state index contributed by atoms with van der Waals surface area (Å²) in [7, 11) is 0. The van der Waals surface area contributed by atoms with Gasteiger partial charge in [0.15, 0.2) is 0 Å². The maximum absolute atomic E-state index is 13.4. The minimum absolute atomic E-state index is 0.00848. The van der Waals surface area contributed by atoms with Crippen LogP contribution in [0.2, 0.25) is 5.02 Å². The van der Waals surface area contributed by atoms with E-state index in [0.717, 1.165) is 0 Å². The van der Waals surface area contributed by atoms with Crippen LogP contribution < -0.4 is 15.4 Å². The Morgan fingerprint density at radius 2 is 1.97 bits per heavy atom. The van der Waals surface area contributed by atoms with Gasteiger partial charge in [-0.2, -0.15) is 5.10 Å². The van der Waals surface area contributed by atoms with Gasteiger partial charge in [-0.05, 0) is 63.3 Å². The van der Waals surface area contributed by atoms with E-state index < -0.39 is 0 Å². The van der Waals surface area contributed by atoms with Crippen molar-refractivity contribution in [2.24, 2.45) is 5.92 Å². The molecule has 2 heterocycles. The fraction of sp³-hybridized carbons (Fsp3) is 0.538. The van der Waals surface area contributed by atoms with Gasteiger partial charge < -0.3 is 20.3 Å². The number of rotatable bonds is 4. The lowest BCUT2D eigenvalue weighted by Crippen LogP contribution is -2.47. The third-order valence-electron chi connectivity index (χ3n) is 5.89. The average molecular weight is 518 g/mol. The lowest BCUT2D eigenvalue weighted by Gasteiger charge is -2.26. The van der Waals surface area contributed by atoms with Gasteiger partial charge in [-0.3, -0.25) is 19.1 Å². The van der Waals surface area contributed by atoms with E-state index >= 15 is 0 Å². The Kier molecular flexibility index (Phi) is 9.75.